The Morgan fingerprint density at radius 2 is 1.85 bits per heavy atom. The fourth-order valence-electron chi connectivity index (χ4n) is 3.57. The van der Waals surface area contributed by atoms with E-state index in [4.69, 9.17) is 9.47 Å². The van der Waals surface area contributed by atoms with Gasteiger partial charge >= 0.3 is 0 Å². The van der Waals surface area contributed by atoms with Crippen molar-refractivity contribution in [3.63, 3.8) is 0 Å². The predicted molar refractivity (Wildman–Crippen MR) is 98.9 cm³/mol. The molecule has 0 atom stereocenters. The lowest BCUT2D eigenvalue weighted by Gasteiger charge is -2.28. The summed E-state index contributed by atoms with van der Waals surface area (Å²) in [5.41, 5.74) is 0.611. The maximum absolute atomic E-state index is 12.3. The molecular weight excluding hydrogens is 356 g/mol. The van der Waals surface area contributed by atoms with E-state index in [2.05, 4.69) is 5.32 Å². The van der Waals surface area contributed by atoms with Gasteiger partial charge in [-0.05, 0) is 25.0 Å². The third kappa shape index (κ3) is 4.88. The number of amides is 1. The Balaban J connectivity index is 1.58. The van der Waals surface area contributed by atoms with Gasteiger partial charge in [0.05, 0.1) is 6.26 Å². The smallest absolute Gasteiger partial charge is 0.231 e. The standard InChI is InChI=1S/C18H26N2O5S/c1-26(22,23)20(15-6-4-2-3-5-7-15)11-10-18(21)19-14-8-9-16-17(12-14)25-13-24-16/h8-9,12,15H,2-7,10-11,13H2,1H3,(H,19,21). The molecule has 144 valence electrons. The fourth-order valence-corrected chi connectivity index (χ4v) is 4.75. The quantitative estimate of drug-likeness (QED) is 0.765. The van der Waals surface area contributed by atoms with Gasteiger partial charge in [-0.15, -0.1) is 0 Å². The normalized spacial score (nSPS) is 17.9. The van der Waals surface area contributed by atoms with Gasteiger partial charge in [0.1, 0.15) is 0 Å². The molecule has 26 heavy (non-hydrogen) atoms. The second-order valence-electron chi connectivity index (χ2n) is 6.89. The monoisotopic (exact) mass is 382 g/mol. The lowest BCUT2D eigenvalue weighted by atomic mass is 10.1. The zero-order valence-corrected chi connectivity index (χ0v) is 15.9. The third-order valence-corrected chi connectivity index (χ3v) is 6.21. The van der Waals surface area contributed by atoms with Crippen LogP contribution in [-0.2, 0) is 14.8 Å². The Morgan fingerprint density at radius 1 is 1.15 bits per heavy atom. The highest BCUT2D eigenvalue weighted by atomic mass is 32.2. The molecule has 1 aromatic rings. The van der Waals surface area contributed by atoms with Crippen LogP contribution in [0.25, 0.3) is 0 Å². The highest BCUT2D eigenvalue weighted by Crippen LogP contribution is 2.34. The molecule has 1 aliphatic carbocycles. The number of hydrogen-bond acceptors (Lipinski definition) is 5. The molecule has 2 aliphatic rings. The molecule has 1 aliphatic heterocycles. The summed E-state index contributed by atoms with van der Waals surface area (Å²) >= 11 is 0. The molecule has 0 radical (unpaired) electrons. The number of fused-ring (bicyclic) bond motifs is 1. The second kappa shape index (κ2) is 8.26. The van der Waals surface area contributed by atoms with E-state index in [0.29, 0.717) is 17.2 Å². The van der Waals surface area contributed by atoms with Gasteiger partial charge in [-0.25, -0.2) is 8.42 Å². The van der Waals surface area contributed by atoms with Gasteiger partial charge in [-0.1, -0.05) is 25.7 Å². The van der Waals surface area contributed by atoms with Crippen molar-refractivity contribution in [2.75, 3.05) is 24.9 Å². The molecular formula is C18H26N2O5S. The minimum Gasteiger partial charge on any atom is -0.454 e. The summed E-state index contributed by atoms with van der Waals surface area (Å²) in [5, 5.41) is 2.80. The van der Waals surface area contributed by atoms with Crippen LogP contribution in [0.4, 0.5) is 5.69 Å². The van der Waals surface area contributed by atoms with Crippen molar-refractivity contribution in [3.8, 4) is 11.5 Å². The number of ether oxygens (including phenoxy) is 2. The molecule has 1 fully saturated rings. The number of carbonyl (C=O) groups is 1. The fraction of sp³-hybridized carbons (Fsp3) is 0.611. The van der Waals surface area contributed by atoms with Crippen LogP contribution in [0, 0.1) is 0 Å². The minimum absolute atomic E-state index is 0.00541. The molecule has 8 heteroatoms. The van der Waals surface area contributed by atoms with Crippen molar-refractivity contribution in [3.05, 3.63) is 18.2 Å². The summed E-state index contributed by atoms with van der Waals surface area (Å²) in [6.45, 7) is 0.386. The zero-order chi connectivity index (χ0) is 18.6. The van der Waals surface area contributed by atoms with E-state index in [1.807, 2.05) is 0 Å². The molecule has 1 heterocycles. The van der Waals surface area contributed by atoms with E-state index in [9.17, 15) is 13.2 Å². The van der Waals surface area contributed by atoms with Crippen molar-refractivity contribution in [2.24, 2.45) is 0 Å². The van der Waals surface area contributed by atoms with Crippen LogP contribution >= 0.6 is 0 Å². The number of nitrogens with zero attached hydrogens (tertiary/aromatic N) is 1. The van der Waals surface area contributed by atoms with Crippen molar-refractivity contribution in [1.82, 2.24) is 4.31 Å². The Kier molecular flexibility index (Phi) is 6.03. The van der Waals surface area contributed by atoms with E-state index in [0.717, 1.165) is 38.5 Å². The average Bonchev–Trinajstić information content (AvgIpc) is 2.87. The van der Waals surface area contributed by atoms with Gasteiger partial charge in [0.15, 0.2) is 11.5 Å². The highest BCUT2D eigenvalue weighted by molar-refractivity contribution is 7.88. The SMILES string of the molecule is CS(=O)(=O)N(CCC(=O)Nc1ccc2c(c1)OCO2)C1CCCCCC1. The van der Waals surface area contributed by atoms with Crippen LogP contribution in [0.5, 0.6) is 11.5 Å². The number of nitrogens with one attached hydrogen (secondary N) is 1. The van der Waals surface area contributed by atoms with Crippen LogP contribution in [-0.4, -0.2) is 44.3 Å². The van der Waals surface area contributed by atoms with E-state index in [-0.39, 0.29) is 31.7 Å². The first-order chi connectivity index (χ1) is 12.4. The van der Waals surface area contributed by atoms with Gasteiger partial charge in [0, 0.05) is 30.8 Å². The van der Waals surface area contributed by atoms with Crippen molar-refractivity contribution in [2.45, 2.75) is 51.0 Å². The molecule has 0 saturated heterocycles. The summed E-state index contributed by atoms with van der Waals surface area (Å²) in [6.07, 6.45) is 7.48. The molecule has 0 aromatic heterocycles. The van der Waals surface area contributed by atoms with Crippen molar-refractivity contribution < 1.29 is 22.7 Å². The van der Waals surface area contributed by atoms with E-state index in [1.54, 1.807) is 18.2 Å². The predicted octanol–water partition coefficient (Wildman–Crippen LogP) is 2.73. The number of sulfonamides is 1. The van der Waals surface area contributed by atoms with Crippen LogP contribution in [0.2, 0.25) is 0 Å². The summed E-state index contributed by atoms with van der Waals surface area (Å²) < 4.78 is 36.5. The van der Waals surface area contributed by atoms with Crippen LogP contribution in [0.1, 0.15) is 44.9 Å². The molecule has 0 unspecified atom stereocenters. The number of benzene rings is 1. The highest BCUT2D eigenvalue weighted by Gasteiger charge is 2.27. The van der Waals surface area contributed by atoms with E-state index < -0.39 is 10.0 Å². The Hall–Kier alpha value is -1.80. The number of anilines is 1. The second-order valence-corrected chi connectivity index (χ2v) is 8.82. The summed E-state index contributed by atoms with van der Waals surface area (Å²) in [7, 11) is -3.34. The van der Waals surface area contributed by atoms with Gasteiger partial charge in [-0.3, -0.25) is 4.79 Å². The van der Waals surface area contributed by atoms with Gasteiger partial charge in [-0.2, -0.15) is 4.31 Å². The van der Waals surface area contributed by atoms with Gasteiger partial charge < -0.3 is 14.8 Å². The van der Waals surface area contributed by atoms with Crippen LogP contribution in [0.3, 0.4) is 0 Å². The summed E-state index contributed by atoms with van der Waals surface area (Å²) in [5.74, 6) is 1.03. The van der Waals surface area contributed by atoms with E-state index in [1.165, 1.54) is 10.6 Å². The molecule has 0 spiro atoms. The Labute approximate surface area is 154 Å². The molecule has 1 N–H and O–H groups in total. The largest absolute Gasteiger partial charge is 0.454 e. The number of hydrogen-bond donors (Lipinski definition) is 1. The number of rotatable bonds is 6. The Morgan fingerprint density at radius 3 is 2.54 bits per heavy atom. The molecule has 1 aromatic carbocycles. The first-order valence-electron chi connectivity index (χ1n) is 9.10. The molecule has 1 amide bonds. The van der Waals surface area contributed by atoms with Gasteiger partial charge in [0.25, 0.3) is 0 Å². The average molecular weight is 382 g/mol. The molecule has 7 nitrogen and oxygen atoms in total. The molecule has 0 bridgehead atoms. The van der Waals surface area contributed by atoms with Crippen molar-refractivity contribution in [1.29, 1.82) is 0 Å². The summed E-state index contributed by atoms with van der Waals surface area (Å²) in [6, 6.07) is 5.20. The maximum Gasteiger partial charge on any atom is 0.231 e. The van der Waals surface area contributed by atoms with Gasteiger partial charge in [0.2, 0.25) is 22.7 Å². The molecule has 1 saturated carbocycles. The lowest BCUT2D eigenvalue weighted by molar-refractivity contribution is -0.116. The minimum atomic E-state index is -3.34. The number of carbonyl (C=O) groups excluding carboxylic acids is 1. The maximum atomic E-state index is 12.3. The third-order valence-electron chi connectivity index (χ3n) is 4.87. The zero-order valence-electron chi connectivity index (χ0n) is 15.1. The topological polar surface area (TPSA) is 84.9 Å². The van der Waals surface area contributed by atoms with Crippen molar-refractivity contribution >= 4 is 21.6 Å². The Bertz CT molecular complexity index is 742. The molecule has 3 rings (SSSR count). The lowest BCUT2D eigenvalue weighted by Crippen LogP contribution is -2.41. The van der Waals surface area contributed by atoms with Crippen LogP contribution < -0.4 is 14.8 Å². The summed E-state index contributed by atoms with van der Waals surface area (Å²) in [4.78, 5) is 12.3. The van der Waals surface area contributed by atoms with E-state index >= 15 is 0 Å². The first-order valence-corrected chi connectivity index (χ1v) is 10.9. The van der Waals surface area contributed by atoms with Crippen LogP contribution in [0.15, 0.2) is 18.2 Å². The first kappa shape index (κ1) is 19.0.